The lowest BCUT2D eigenvalue weighted by molar-refractivity contribution is 0.319. The third-order valence-electron chi connectivity index (χ3n) is 2.57. The lowest BCUT2D eigenvalue weighted by atomic mass is 10.3. The van der Waals surface area contributed by atoms with Crippen LogP contribution in [0.4, 0.5) is 5.69 Å². The number of anilines is 1. The Labute approximate surface area is 107 Å². The summed E-state index contributed by atoms with van der Waals surface area (Å²) in [6.07, 6.45) is 2.85. The molecular formula is C14H19N3O. The zero-order chi connectivity index (χ0) is 12.8. The maximum atomic E-state index is 5.69. The Morgan fingerprint density at radius 3 is 2.89 bits per heavy atom. The quantitative estimate of drug-likeness (QED) is 0.822. The molecule has 0 amide bonds. The molecule has 0 aliphatic heterocycles. The summed E-state index contributed by atoms with van der Waals surface area (Å²) in [5.41, 5.74) is 2.08. The SMILES string of the molecule is CCCOc1ccccc1NCc1cnc(C)[nH]1. The molecule has 2 rings (SSSR count). The summed E-state index contributed by atoms with van der Waals surface area (Å²) in [6, 6.07) is 7.99. The number of hydrogen-bond acceptors (Lipinski definition) is 3. The van der Waals surface area contributed by atoms with Gasteiger partial charge in [-0.15, -0.1) is 0 Å². The minimum Gasteiger partial charge on any atom is -0.491 e. The normalized spacial score (nSPS) is 10.3. The molecule has 0 saturated carbocycles. The zero-order valence-corrected chi connectivity index (χ0v) is 10.9. The Kier molecular flexibility index (Phi) is 4.23. The van der Waals surface area contributed by atoms with Gasteiger partial charge >= 0.3 is 0 Å². The van der Waals surface area contributed by atoms with Crippen molar-refractivity contribution in [3.8, 4) is 5.75 Å². The van der Waals surface area contributed by atoms with Crippen LogP contribution in [0.15, 0.2) is 30.5 Å². The van der Waals surface area contributed by atoms with E-state index in [4.69, 9.17) is 4.74 Å². The van der Waals surface area contributed by atoms with E-state index in [2.05, 4.69) is 22.2 Å². The fourth-order valence-corrected chi connectivity index (χ4v) is 1.70. The number of nitrogens with zero attached hydrogens (tertiary/aromatic N) is 1. The van der Waals surface area contributed by atoms with Gasteiger partial charge in [0.15, 0.2) is 0 Å². The van der Waals surface area contributed by atoms with Gasteiger partial charge in [0.05, 0.1) is 30.7 Å². The molecule has 1 heterocycles. The molecule has 2 aromatic rings. The first-order chi connectivity index (χ1) is 8.79. The average molecular weight is 245 g/mol. The van der Waals surface area contributed by atoms with Crippen LogP contribution in [0.2, 0.25) is 0 Å². The first-order valence-corrected chi connectivity index (χ1v) is 6.25. The molecule has 96 valence electrons. The molecule has 0 saturated heterocycles. The van der Waals surface area contributed by atoms with Gasteiger partial charge in [0.25, 0.3) is 0 Å². The summed E-state index contributed by atoms with van der Waals surface area (Å²) in [5, 5.41) is 3.36. The lowest BCUT2D eigenvalue weighted by Crippen LogP contribution is -2.03. The first-order valence-electron chi connectivity index (χ1n) is 6.25. The van der Waals surface area contributed by atoms with Crippen LogP contribution >= 0.6 is 0 Å². The smallest absolute Gasteiger partial charge is 0.142 e. The molecule has 2 N–H and O–H groups in total. The summed E-state index contributed by atoms with van der Waals surface area (Å²) < 4.78 is 5.69. The van der Waals surface area contributed by atoms with E-state index >= 15 is 0 Å². The van der Waals surface area contributed by atoms with Gasteiger partial charge in [0, 0.05) is 0 Å². The number of benzene rings is 1. The molecule has 0 bridgehead atoms. The van der Waals surface area contributed by atoms with Crippen molar-refractivity contribution in [2.75, 3.05) is 11.9 Å². The molecule has 0 fully saturated rings. The van der Waals surface area contributed by atoms with Crippen LogP contribution in [-0.4, -0.2) is 16.6 Å². The Morgan fingerprint density at radius 2 is 2.17 bits per heavy atom. The topological polar surface area (TPSA) is 49.9 Å². The highest BCUT2D eigenvalue weighted by molar-refractivity contribution is 5.56. The first kappa shape index (κ1) is 12.5. The standard InChI is InChI=1S/C14H19N3O/c1-3-8-18-14-7-5-4-6-13(14)16-10-12-9-15-11(2)17-12/h4-7,9,16H,3,8,10H2,1-2H3,(H,15,17). The molecule has 1 aromatic heterocycles. The van der Waals surface area contributed by atoms with Gasteiger partial charge < -0.3 is 15.0 Å². The van der Waals surface area contributed by atoms with E-state index in [1.807, 2.05) is 37.4 Å². The van der Waals surface area contributed by atoms with Crippen molar-refractivity contribution >= 4 is 5.69 Å². The molecule has 0 unspecified atom stereocenters. The van der Waals surface area contributed by atoms with Crippen LogP contribution < -0.4 is 10.1 Å². The monoisotopic (exact) mass is 245 g/mol. The molecule has 4 nitrogen and oxygen atoms in total. The second kappa shape index (κ2) is 6.10. The molecule has 0 aliphatic rings. The van der Waals surface area contributed by atoms with Gasteiger partial charge in [-0.3, -0.25) is 0 Å². The highest BCUT2D eigenvalue weighted by atomic mass is 16.5. The number of aryl methyl sites for hydroxylation is 1. The predicted octanol–water partition coefficient (Wildman–Crippen LogP) is 3.12. The fourth-order valence-electron chi connectivity index (χ4n) is 1.70. The molecule has 18 heavy (non-hydrogen) atoms. The van der Waals surface area contributed by atoms with E-state index in [-0.39, 0.29) is 0 Å². The van der Waals surface area contributed by atoms with Crippen molar-refractivity contribution in [2.45, 2.75) is 26.8 Å². The van der Waals surface area contributed by atoms with Gasteiger partial charge in [-0.05, 0) is 25.5 Å². The Bertz CT molecular complexity index is 493. The number of hydrogen-bond donors (Lipinski definition) is 2. The number of nitrogens with one attached hydrogen (secondary N) is 2. The van der Waals surface area contributed by atoms with Gasteiger partial charge in [0.1, 0.15) is 11.6 Å². The summed E-state index contributed by atoms with van der Waals surface area (Å²) in [5.74, 6) is 1.83. The number of aromatic amines is 1. The molecule has 0 radical (unpaired) electrons. The largest absolute Gasteiger partial charge is 0.491 e. The van der Waals surface area contributed by atoms with E-state index in [0.717, 1.165) is 36.0 Å². The fraction of sp³-hybridized carbons (Fsp3) is 0.357. The molecule has 0 aliphatic carbocycles. The predicted molar refractivity (Wildman–Crippen MR) is 72.9 cm³/mol. The van der Waals surface area contributed by atoms with Crippen molar-refractivity contribution in [1.29, 1.82) is 0 Å². The van der Waals surface area contributed by atoms with Gasteiger partial charge in [-0.1, -0.05) is 19.1 Å². The molecule has 1 aromatic carbocycles. The van der Waals surface area contributed by atoms with Crippen molar-refractivity contribution in [2.24, 2.45) is 0 Å². The van der Waals surface area contributed by atoms with Gasteiger partial charge in [-0.25, -0.2) is 4.98 Å². The Balaban J connectivity index is 1.99. The summed E-state index contributed by atoms with van der Waals surface area (Å²) in [4.78, 5) is 7.37. The third-order valence-corrected chi connectivity index (χ3v) is 2.57. The number of para-hydroxylation sites is 2. The minimum atomic E-state index is 0.716. The van der Waals surface area contributed by atoms with Crippen molar-refractivity contribution in [3.63, 3.8) is 0 Å². The zero-order valence-electron chi connectivity index (χ0n) is 10.9. The van der Waals surface area contributed by atoms with Gasteiger partial charge in [-0.2, -0.15) is 0 Å². The van der Waals surface area contributed by atoms with Crippen LogP contribution in [-0.2, 0) is 6.54 Å². The maximum absolute atomic E-state index is 5.69. The number of rotatable bonds is 6. The average Bonchev–Trinajstić information content (AvgIpc) is 2.81. The number of aromatic nitrogens is 2. The maximum Gasteiger partial charge on any atom is 0.142 e. The minimum absolute atomic E-state index is 0.716. The number of ether oxygens (including phenoxy) is 1. The molecule has 4 heteroatoms. The Hall–Kier alpha value is -1.97. The van der Waals surface area contributed by atoms with E-state index in [1.165, 1.54) is 0 Å². The van der Waals surface area contributed by atoms with Crippen molar-refractivity contribution in [1.82, 2.24) is 9.97 Å². The Morgan fingerprint density at radius 1 is 1.33 bits per heavy atom. The van der Waals surface area contributed by atoms with Crippen molar-refractivity contribution in [3.05, 3.63) is 42.0 Å². The second-order valence-corrected chi connectivity index (χ2v) is 4.19. The highest BCUT2D eigenvalue weighted by Crippen LogP contribution is 2.24. The van der Waals surface area contributed by atoms with E-state index in [9.17, 15) is 0 Å². The summed E-state index contributed by atoms with van der Waals surface area (Å²) in [6.45, 7) is 5.50. The molecule has 0 atom stereocenters. The highest BCUT2D eigenvalue weighted by Gasteiger charge is 2.03. The van der Waals surface area contributed by atoms with Crippen LogP contribution in [0.1, 0.15) is 24.9 Å². The third kappa shape index (κ3) is 3.26. The van der Waals surface area contributed by atoms with Crippen LogP contribution in [0.5, 0.6) is 5.75 Å². The second-order valence-electron chi connectivity index (χ2n) is 4.19. The van der Waals surface area contributed by atoms with E-state index in [1.54, 1.807) is 0 Å². The number of H-pyrrole nitrogens is 1. The molecule has 0 spiro atoms. The van der Waals surface area contributed by atoms with Crippen LogP contribution in [0.25, 0.3) is 0 Å². The van der Waals surface area contributed by atoms with Crippen LogP contribution in [0.3, 0.4) is 0 Å². The summed E-state index contributed by atoms with van der Waals surface area (Å²) in [7, 11) is 0. The summed E-state index contributed by atoms with van der Waals surface area (Å²) >= 11 is 0. The lowest BCUT2D eigenvalue weighted by Gasteiger charge is -2.12. The van der Waals surface area contributed by atoms with Crippen LogP contribution in [0, 0.1) is 6.92 Å². The van der Waals surface area contributed by atoms with Crippen molar-refractivity contribution < 1.29 is 4.74 Å². The van der Waals surface area contributed by atoms with E-state index in [0.29, 0.717) is 6.54 Å². The molecular weight excluding hydrogens is 226 g/mol. The number of imidazole rings is 1. The van der Waals surface area contributed by atoms with Gasteiger partial charge in [0.2, 0.25) is 0 Å². The van der Waals surface area contributed by atoms with E-state index < -0.39 is 0 Å².